The number of nitrogens with zero attached hydrogens (tertiary/aromatic N) is 4. The molecule has 0 aliphatic heterocycles. The molecule has 26 heavy (non-hydrogen) atoms. The Labute approximate surface area is 151 Å². The van der Waals surface area contributed by atoms with E-state index in [-0.39, 0.29) is 11.4 Å². The van der Waals surface area contributed by atoms with Gasteiger partial charge < -0.3 is 4.90 Å². The fraction of sp³-hybridized carbons (Fsp3) is 0.100. The molecule has 0 aliphatic carbocycles. The van der Waals surface area contributed by atoms with Crippen LogP contribution in [0.25, 0.3) is 4.98 Å². The van der Waals surface area contributed by atoms with Crippen molar-refractivity contribution in [3.05, 3.63) is 105 Å². The van der Waals surface area contributed by atoms with Gasteiger partial charge in [-0.2, -0.15) is 0 Å². The zero-order valence-corrected chi connectivity index (χ0v) is 14.0. The number of nitro benzene ring substituents is 1. The van der Waals surface area contributed by atoms with E-state index in [4.69, 9.17) is 5.39 Å². The van der Waals surface area contributed by atoms with Gasteiger partial charge in [-0.1, -0.05) is 60.7 Å². The predicted octanol–water partition coefficient (Wildman–Crippen LogP) is 5.29. The molecule has 0 fully saturated rings. The summed E-state index contributed by atoms with van der Waals surface area (Å²) in [6.45, 7) is 1.04. The first-order chi connectivity index (χ1) is 12.7. The Morgan fingerprint density at radius 1 is 0.885 bits per heavy atom. The smallest absolute Gasteiger partial charge is 0.357 e. The first-order valence-corrected chi connectivity index (χ1v) is 8.13. The molecule has 0 aliphatic rings. The summed E-state index contributed by atoms with van der Waals surface area (Å²) >= 11 is 0. The molecule has 3 aromatic carbocycles. The van der Waals surface area contributed by atoms with Crippen LogP contribution in [0.2, 0.25) is 0 Å². The molecule has 128 valence electrons. The Kier molecular flexibility index (Phi) is 5.20. The summed E-state index contributed by atoms with van der Waals surface area (Å²) in [4.78, 5) is 16.1. The molecule has 0 saturated heterocycles. The number of hydrogen-bond acceptors (Lipinski definition) is 4. The standard InChI is InChI=1S/C20H17N4O2/c21-22-18-11-12-19(20(13-18)24(25)26)23(14-16-7-3-1-4-8-16)15-17-9-5-2-6-10-17/h1-13H,14-15H2/q+1. The summed E-state index contributed by atoms with van der Waals surface area (Å²) in [5, 5.41) is 20.5. The number of anilines is 1. The van der Waals surface area contributed by atoms with Gasteiger partial charge >= 0.3 is 11.4 Å². The van der Waals surface area contributed by atoms with Crippen molar-refractivity contribution in [3.8, 4) is 0 Å². The van der Waals surface area contributed by atoms with Gasteiger partial charge in [0, 0.05) is 19.2 Å². The van der Waals surface area contributed by atoms with E-state index in [1.807, 2.05) is 65.6 Å². The summed E-state index contributed by atoms with van der Waals surface area (Å²) < 4.78 is 0. The maximum atomic E-state index is 11.6. The Morgan fingerprint density at radius 2 is 1.42 bits per heavy atom. The molecule has 0 aromatic heterocycles. The zero-order chi connectivity index (χ0) is 18.4. The lowest BCUT2D eigenvalue weighted by molar-refractivity contribution is -0.384. The SMILES string of the molecule is N#[N+]c1ccc(N(Cc2ccccc2)Cc2ccccc2)c([N+](=O)[O-])c1. The molecule has 0 atom stereocenters. The Hall–Kier alpha value is -3.72. The van der Waals surface area contributed by atoms with E-state index in [1.165, 1.54) is 6.07 Å². The van der Waals surface area contributed by atoms with Gasteiger partial charge in [-0.05, 0) is 17.2 Å². The van der Waals surface area contributed by atoms with Crippen molar-refractivity contribution in [3.63, 3.8) is 0 Å². The van der Waals surface area contributed by atoms with E-state index in [2.05, 4.69) is 4.98 Å². The van der Waals surface area contributed by atoms with E-state index < -0.39 is 4.92 Å². The quantitative estimate of drug-likeness (QED) is 0.346. The molecule has 0 heterocycles. The van der Waals surface area contributed by atoms with E-state index in [9.17, 15) is 10.1 Å². The third kappa shape index (κ3) is 4.02. The minimum Gasteiger partial charge on any atom is -0.357 e. The molecule has 0 unspecified atom stereocenters. The number of rotatable bonds is 6. The number of hydrogen-bond donors (Lipinski definition) is 0. The summed E-state index contributed by atoms with van der Waals surface area (Å²) in [5.41, 5.74) is 2.64. The van der Waals surface area contributed by atoms with Crippen molar-refractivity contribution in [1.82, 2.24) is 0 Å². The lowest BCUT2D eigenvalue weighted by atomic mass is 10.1. The van der Waals surface area contributed by atoms with Crippen LogP contribution in [0.5, 0.6) is 0 Å². The van der Waals surface area contributed by atoms with Crippen molar-refractivity contribution in [1.29, 1.82) is 5.39 Å². The molecule has 3 rings (SSSR count). The molecule has 6 heteroatoms. The second-order valence-corrected chi connectivity index (χ2v) is 5.86. The average Bonchev–Trinajstić information content (AvgIpc) is 2.68. The molecule has 0 radical (unpaired) electrons. The van der Waals surface area contributed by atoms with Crippen LogP contribution in [0.3, 0.4) is 0 Å². The summed E-state index contributed by atoms with van der Waals surface area (Å²) in [5.74, 6) is 0. The second-order valence-electron chi connectivity index (χ2n) is 5.86. The first-order valence-electron chi connectivity index (χ1n) is 8.13. The maximum absolute atomic E-state index is 11.6. The minimum absolute atomic E-state index is 0.0906. The molecule has 0 amide bonds. The van der Waals surface area contributed by atoms with Crippen LogP contribution in [-0.4, -0.2) is 4.92 Å². The summed E-state index contributed by atoms with van der Waals surface area (Å²) in [6.07, 6.45) is 0. The molecule has 0 saturated carbocycles. The fourth-order valence-corrected chi connectivity index (χ4v) is 2.82. The predicted molar refractivity (Wildman–Crippen MR) is 101 cm³/mol. The fourth-order valence-electron chi connectivity index (χ4n) is 2.82. The lowest BCUT2D eigenvalue weighted by Crippen LogP contribution is -2.23. The van der Waals surface area contributed by atoms with Gasteiger partial charge in [0.2, 0.25) is 5.39 Å². The number of nitro groups is 1. The first kappa shape index (κ1) is 17.1. The van der Waals surface area contributed by atoms with Crippen molar-refractivity contribution >= 4 is 17.1 Å². The van der Waals surface area contributed by atoms with Crippen LogP contribution in [0.15, 0.2) is 78.9 Å². The highest BCUT2D eigenvalue weighted by Crippen LogP contribution is 2.34. The Balaban J connectivity index is 2.02. The van der Waals surface area contributed by atoms with Crippen LogP contribution in [-0.2, 0) is 13.1 Å². The molecular weight excluding hydrogens is 328 g/mol. The maximum Gasteiger partial charge on any atom is 0.392 e. The van der Waals surface area contributed by atoms with Crippen molar-refractivity contribution < 1.29 is 4.92 Å². The van der Waals surface area contributed by atoms with Gasteiger partial charge in [0.05, 0.1) is 4.92 Å². The van der Waals surface area contributed by atoms with E-state index in [1.54, 1.807) is 12.1 Å². The third-order valence-corrected chi connectivity index (χ3v) is 4.04. The lowest BCUT2D eigenvalue weighted by Gasteiger charge is -2.24. The highest BCUT2D eigenvalue weighted by atomic mass is 16.6. The summed E-state index contributed by atoms with van der Waals surface area (Å²) in [6, 6.07) is 24.1. The number of benzene rings is 3. The van der Waals surface area contributed by atoms with Crippen LogP contribution in [0.1, 0.15) is 11.1 Å². The van der Waals surface area contributed by atoms with Gasteiger partial charge in [-0.3, -0.25) is 10.1 Å². The van der Waals surface area contributed by atoms with Gasteiger partial charge in [0.1, 0.15) is 11.8 Å². The normalized spacial score (nSPS) is 10.1. The highest BCUT2D eigenvalue weighted by Gasteiger charge is 2.24. The largest absolute Gasteiger partial charge is 0.392 e. The summed E-state index contributed by atoms with van der Waals surface area (Å²) in [7, 11) is 0. The van der Waals surface area contributed by atoms with Crippen LogP contribution >= 0.6 is 0 Å². The molecule has 0 N–H and O–H groups in total. The van der Waals surface area contributed by atoms with Gasteiger partial charge in [0.15, 0.2) is 4.98 Å². The van der Waals surface area contributed by atoms with Gasteiger partial charge in [-0.15, -0.1) is 0 Å². The Bertz CT molecular complexity index is 896. The number of diazo groups is 1. The van der Waals surface area contributed by atoms with E-state index >= 15 is 0 Å². The van der Waals surface area contributed by atoms with Crippen LogP contribution in [0.4, 0.5) is 17.1 Å². The minimum atomic E-state index is -0.451. The van der Waals surface area contributed by atoms with E-state index in [0.717, 1.165) is 11.1 Å². The monoisotopic (exact) mass is 345 g/mol. The topological polar surface area (TPSA) is 74.5 Å². The zero-order valence-electron chi connectivity index (χ0n) is 14.0. The van der Waals surface area contributed by atoms with Crippen molar-refractivity contribution in [2.45, 2.75) is 13.1 Å². The molecule has 0 bridgehead atoms. The van der Waals surface area contributed by atoms with E-state index in [0.29, 0.717) is 18.8 Å². The Morgan fingerprint density at radius 3 is 1.88 bits per heavy atom. The van der Waals surface area contributed by atoms with Gasteiger partial charge in [0.25, 0.3) is 0 Å². The molecular formula is C20H17N4O2+. The molecule has 3 aromatic rings. The third-order valence-electron chi connectivity index (χ3n) is 4.04. The van der Waals surface area contributed by atoms with Crippen LogP contribution < -0.4 is 4.90 Å². The molecule has 6 nitrogen and oxygen atoms in total. The van der Waals surface area contributed by atoms with Crippen LogP contribution in [0, 0.1) is 15.5 Å². The van der Waals surface area contributed by atoms with Crippen molar-refractivity contribution in [2.75, 3.05) is 4.90 Å². The van der Waals surface area contributed by atoms with Gasteiger partial charge in [-0.25, -0.2) is 0 Å². The highest BCUT2D eigenvalue weighted by molar-refractivity contribution is 5.69. The van der Waals surface area contributed by atoms with Crippen molar-refractivity contribution in [2.24, 2.45) is 0 Å². The average molecular weight is 345 g/mol. The second kappa shape index (κ2) is 7.90. The molecule has 0 spiro atoms.